The lowest BCUT2D eigenvalue weighted by Crippen LogP contribution is -2.46. The van der Waals surface area contributed by atoms with Gasteiger partial charge in [0.25, 0.3) is 0 Å². The van der Waals surface area contributed by atoms with E-state index < -0.39 is 0 Å². The molecule has 1 heterocycles. The van der Waals surface area contributed by atoms with E-state index in [0.717, 1.165) is 5.69 Å². The molecule has 1 aliphatic heterocycles. The molecule has 1 saturated heterocycles. The second-order valence-electron chi connectivity index (χ2n) is 8.04. The Balaban J connectivity index is 1.87. The molecule has 1 aromatic rings. The predicted molar refractivity (Wildman–Crippen MR) is 104 cm³/mol. The van der Waals surface area contributed by atoms with Crippen molar-refractivity contribution >= 4 is 17.6 Å². The van der Waals surface area contributed by atoms with Crippen molar-refractivity contribution in [3.05, 3.63) is 29.8 Å². The maximum absolute atomic E-state index is 12.7. The van der Waals surface area contributed by atoms with E-state index in [4.69, 9.17) is 4.74 Å². The summed E-state index contributed by atoms with van der Waals surface area (Å²) in [6, 6.07) is 7.96. The number of carbonyl (C=O) groups is 2. The zero-order valence-electron chi connectivity index (χ0n) is 16.7. The molecule has 2 rings (SSSR count). The van der Waals surface area contributed by atoms with E-state index in [9.17, 15) is 9.59 Å². The highest BCUT2D eigenvalue weighted by Crippen LogP contribution is 2.24. The van der Waals surface area contributed by atoms with Gasteiger partial charge in [-0.2, -0.15) is 0 Å². The van der Waals surface area contributed by atoms with Crippen LogP contribution in [-0.2, 0) is 19.7 Å². The molecule has 5 heteroatoms. The van der Waals surface area contributed by atoms with Crippen molar-refractivity contribution in [3.63, 3.8) is 0 Å². The second kappa shape index (κ2) is 8.56. The van der Waals surface area contributed by atoms with Gasteiger partial charge >= 0.3 is 5.97 Å². The Hall–Kier alpha value is -2.04. The smallest absolute Gasteiger partial charge is 0.309 e. The van der Waals surface area contributed by atoms with E-state index in [2.05, 4.69) is 38.2 Å². The number of benzene rings is 1. The fourth-order valence-electron chi connectivity index (χ4n) is 3.25. The molecular formula is C21H32N2O3. The molecule has 144 valence electrons. The molecule has 0 bridgehead atoms. The largest absolute Gasteiger partial charge is 0.466 e. The average Bonchev–Trinajstić information content (AvgIpc) is 2.61. The van der Waals surface area contributed by atoms with Gasteiger partial charge in [-0.25, -0.2) is 0 Å². The number of likely N-dealkylation sites (tertiary alicyclic amines) is 1. The van der Waals surface area contributed by atoms with Gasteiger partial charge in [-0.1, -0.05) is 32.9 Å². The minimum absolute atomic E-state index is 0.0761. The van der Waals surface area contributed by atoms with Gasteiger partial charge in [-0.05, 0) is 49.8 Å². The summed E-state index contributed by atoms with van der Waals surface area (Å²) in [5, 5.41) is 3.29. The lowest BCUT2D eigenvalue weighted by atomic mass is 9.87. The summed E-state index contributed by atoms with van der Waals surface area (Å²) in [6.45, 7) is 11.9. The van der Waals surface area contributed by atoms with Crippen molar-refractivity contribution in [2.45, 2.75) is 58.9 Å². The number of hydrogen-bond donors (Lipinski definition) is 1. The van der Waals surface area contributed by atoms with Gasteiger partial charge in [0, 0.05) is 18.8 Å². The Morgan fingerprint density at radius 1 is 1.19 bits per heavy atom. The normalized spacial score (nSPS) is 16.9. The Labute approximate surface area is 157 Å². The highest BCUT2D eigenvalue weighted by Gasteiger charge is 2.30. The first-order valence-corrected chi connectivity index (χ1v) is 9.55. The molecule has 1 N–H and O–H groups in total. The van der Waals surface area contributed by atoms with Gasteiger partial charge in [0.2, 0.25) is 5.91 Å². The van der Waals surface area contributed by atoms with Crippen LogP contribution < -0.4 is 5.32 Å². The summed E-state index contributed by atoms with van der Waals surface area (Å²) in [6.07, 6.45) is 1.36. The second-order valence-corrected chi connectivity index (χ2v) is 8.04. The summed E-state index contributed by atoms with van der Waals surface area (Å²) >= 11 is 0. The molecule has 0 aromatic heterocycles. The van der Waals surface area contributed by atoms with Crippen LogP contribution in [0.1, 0.15) is 53.0 Å². The molecule has 0 radical (unpaired) electrons. The van der Waals surface area contributed by atoms with Gasteiger partial charge in [0.05, 0.1) is 12.5 Å². The van der Waals surface area contributed by atoms with E-state index in [-0.39, 0.29) is 29.3 Å². The van der Waals surface area contributed by atoms with Crippen molar-refractivity contribution in [1.29, 1.82) is 0 Å². The Morgan fingerprint density at radius 3 is 2.27 bits per heavy atom. The van der Waals surface area contributed by atoms with Crippen LogP contribution in [0.4, 0.5) is 5.69 Å². The molecule has 1 aromatic carbocycles. The molecule has 1 aliphatic rings. The number of nitrogens with one attached hydrogen (secondary N) is 1. The Kier molecular flexibility index (Phi) is 6.68. The lowest BCUT2D eigenvalue weighted by molar-refractivity contribution is -0.151. The van der Waals surface area contributed by atoms with Crippen LogP contribution in [0.2, 0.25) is 0 Å². The molecule has 0 spiro atoms. The van der Waals surface area contributed by atoms with Crippen molar-refractivity contribution in [3.8, 4) is 0 Å². The number of nitrogens with zero attached hydrogens (tertiary/aromatic N) is 1. The van der Waals surface area contributed by atoms with Gasteiger partial charge < -0.3 is 15.0 Å². The molecule has 1 amide bonds. The van der Waals surface area contributed by atoms with Crippen LogP contribution in [0, 0.1) is 5.92 Å². The number of ether oxygens (including phenoxy) is 1. The number of piperidine rings is 1. The number of rotatable bonds is 5. The number of amides is 1. The standard InChI is InChI=1S/C21H32N2O3/c1-6-26-20(25)16-11-13-23(14-12-16)19(24)15(2)22-18-9-7-17(8-10-18)21(3,4)5/h7-10,15-16,22H,6,11-14H2,1-5H3. The van der Waals surface area contributed by atoms with Crippen molar-refractivity contribution < 1.29 is 14.3 Å². The third-order valence-electron chi connectivity index (χ3n) is 4.93. The van der Waals surface area contributed by atoms with Gasteiger partial charge in [-0.3, -0.25) is 9.59 Å². The molecule has 1 unspecified atom stereocenters. The van der Waals surface area contributed by atoms with Crippen LogP contribution in [-0.4, -0.2) is 42.5 Å². The molecule has 0 saturated carbocycles. The predicted octanol–water partition coefficient (Wildman–Crippen LogP) is 3.59. The van der Waals surface area contributed by atoms with Crippen LogP contribution in [0.3, 0.4) is 0 Å². The molecule has 26 heavy (non-hydrogen) atoms. The van der Waals surface area contributed by atoms with Crippen LogP contribution >= 0.6 is 0 Å². The summed E-state index contributed by atoms with van der Waals surface area (Å²) < 4.78 is 5.08. The van der Waals surface area contributed by atoms with E-state index in [1.54, 1.807) is 0 Å². The topological polar surface area (TPSA) is 58.6 Å². The zero-order valence-corrected chi connectivity index (χ0v) is 16.7. The number of esters is 1. The van der Waals surface area contributed by atoms with Gasteiger partial charge in [-0.15, -0.1) is 0 Å². The maximum atomic E-state index is 12.7. The quantitative estimate of drug-likeness (QED) is 0.815. The van der Waals surface area contributed by atoms with E-state index >= 15 is 0 Å². The lowest BCUT2D eigenvalue weighted by Gasteiger charge is -2.33. The van der Waals surface area contributed by atoms with Crippen molar-refractivity contribution in [2.75, 3.05) is 25.0 Å². The first-order valence-electron chi connectivity index (χ1n) is 9.55. The zero-order chi connectivity index (χ0) is 19.3. The third-order valence-corrected chi connectivity index (χ3v) is 4.93. The van der Waals surface area contributed by atoms with Gasteiger partial charge in [0.15, 0.2) is 0 Å². The maximum Gasteiger partial charge on any atom is 0.309 e. The number of hydrogen-bond acceptors (Lipinski definition) is 4. The van der Waals surface area contributed by atoms with Crippen LogP contribution in [0.15, 0.2) is 24.3 Å². The fraction of sp³-hybridized carbons (Fsp3) is 0.619. The highest BCUT2D eigenvalue weighted by atomic mass is 16.5. The van der Waals surface area contributed by atoms with Crippen molar-refractivity contribution in [1.82, 2.24) is 4.90 Å². The number of carbonyl (C=O) groups excluding carboxylic acids is 2. The van der Waals surface area contributed by atoms with Crippen LogP contribution in [0.25, 0.3) is 0 Å². The molecule has 5 nitrogen and oxygen atoms in total. The summed E-state index contributed by atoms with van der Waals surface area (Å²) in [4.78, 5) is 26.3. The Bertz CT molecular complexity index is 611. The van der Waals surface area contributed by atoms with E-state index in [1.807, 2.05) is 30.9 Å². The Morgan fingerprint density at radius 2 is 1.77 bits per heavy atom. The van der Waals surface area contributed by atoms with Gasteiger partial charge in [0.1, 0.15) is 6.04 Å². The third kappa shape index (κ3) is 5.23. The fourth-order valence-corrected chi connectivity index (χ4v) is 3.25. The molecular weight excluding hydrogens is 328 g/mol. The summed E-state index contributed by atoms with van der Waals surface area (Å²) in [7, 11) is 0. The molecule has 0 aliphatic carbocycles. The first-order chi connectivity index (χ1) is 12.2. The van der Waals surface area contributed by atoms with Crippen LogP contribution in [0.5, 0.6) is 0 Å². The molecule has 1 atom stereocenters. The molecule has 1 fully saturated rings. The summed E-state index contributed by atoms with van der Waals surface area (Å²) in [5.41, 5.74) is 2.33. The minimum atomic E-state index is -0.297. The highest BCUT2D eigenvalue weighted by molar-refractivity contribution is 5.84. The summed E-state index contributed by atoms with van der Waals surface area (Å²) in [5.74, 6) is -0.135. The average molecular weight is 360 g/mol. The SMILES string of the molecule is CCOC(=O)C1CCN(C(=O)C(C)Nc2ccc(C(C)(C)C)cc2)CC1. The van der Waals surface area contributed by atoms with Crippen molar-refractivity contribution in [2.24, 2.45) is 5.92 Å². The minimum Gasteiger partial charge on any atom is -0.466 e. The monoisotopic (exact) mass is 360 g/mol. The van der Waals surface area contributed by atoms with E-state index in [1.165, 1.54) is 5.56 Å². The first kappa shape index (κ1) is 20.3. The van der Waals surface area contributed by atoms with E-state index in [0.29, 0.717) is 32.5 Å². The number of anilines is 1.